The Kier molecular flexibility index (Phi) is 4.11. The van der Waals surface area contributed by atoms with E-state index in [1.807, 2.05) is 0 Å². The van der Waals surface area contributed by atoms with Crippen LogP contribution in [0.4, 0.5) is 5.69 Å². The summed E-state index contributed by atoms with van der Waals surface area (Å²) in [4.78, 5) is 14.9. The molecule has 0 radical (unpaired) electrons. The summed E-state index contributed by atoms with van der Waals surface area (Å²) in [5, 5.41) is 8.94. The number of carboxylic acid groups (broad SMARTS) is 1. The minimum atomic E-state index is -3.81. The predicted octanol–water partition coefficient (Wildman–Crippen LogP) is 2.71. The van der Waals surface area contributed by atoms with Gasteiger partial charge in [0.2, 0.25) is 0 Å². The number of hydrogen-bond acceptors (Lipinski definition) is 5. The van der Waals surface area contributed by atoms with Crippen LogP contribution in [0, 0.1) is 6.92 Å². The molecule has 2 N–H and O–H groups in total. The standard InChI is InChI=1S/C11H9BrN2O4S2/c1-6-4-9(19-10(6)11(15)16)20(17,18)14-7-2-3-8(12)13-5-7/h2-5,14H,1H3,(H,15,16). The van der Waals surface area contributed by atoms with Gasteiger partial charge in [0.25, 0.3) is 10.0 Å². The molecule has 0 saturated carbocycles. The van der Waals surface area contributed by atoms with Crippen LogP contribution in [0.3, 0.4) is 0 Å². The monoisotopic (exact) mass is 376 g/mol. The number of nitrogens with zero attached hydrogens (tertiary/aromatic N) is 1. The molecule has 0 aliphatic carbocycles. The normalized spacial score (nSPS) is 11.3. The number of sulfonamides is 1. The molecule has 2 heterocycles. The van der Waals surface area contributed by atoms with Crippen molar-refractivity contribution in [2.24, 2.45) is 0 Å². The van der Waals surface area contributed by atoms with Gasteiger partial charge in [0.1, 0.15) is 13.7 Å². The zero-order valence-corrected chi connectivity index (χ0v) is 13.3. The van der Waals surface area contributed by atoms with Gasteiger partial charge in [0.05, 0.1) is 11.9 Å². The fraction of sp³-hybridized carbons (Fsp3) is 0.0909. The first kappa shape index (κ1) is 14.9. The predicted molar refractivity (Wildman–Crippen MR) is 78.8 cm³/mol. The molecule has 0 fully saturated rings. The Morgan fingerprint density at radius 2 is 2.15 bits per heavy atom. The molecule has 0 saturated heterocycles. The molecular formula is C11H9BrN2O4S2. The van der Waals surface area contributed by atoms with Gasteiger partial charge in [-0.15, -0.1) is 11.3 Å². The average Bonchev–Trinajstić information content (AvgIpc) is 2.75. The van der Waals surface area contributed by atoms with Crippen molar-refractivity contribution in [3.63, 3.8) is 0 Å². The van der Waals surface area contributed by atoms with Gasteiger partial charge < -0.3 is 5.11 Å². The highest BCUT2D eigenvalue weighted by Crippen LogP contribution is 2.27. The van der Waals surface area contributed by atoms with E-state index in [0.29, 0.717) is 15.9 Å². The van der Waals surface area contributed by atoms with E-state index in [-0.39, 0.29) is 9.09 Å². The summed E-state index contributed by atoms with van der Waals surface area (Å²) in [5.74, 6) is -1.14. The number of carboxylic acids is 1. The highest BCUT2D eigenvalue weighted by Gasteiger charge is 2.21. The number of rotatable bonds is 4. The summed E-state index contributed by atoms with van der Waals surface area (Å²) in [6, 6.07) is 4.48. The van der Waals surface area contributed by atoms with Crippen molar-refractivity contribution >= 4 is 48.9 Å². The van der Waals surface area contributed by atoms with Crippen LogP contribution in [-0.2, 0) is 10.0 Å². The number of hydrogen-bond donors (Lipinski definition) is 2. The molecule has 0 amide bonds. The van der Waals surface area contributed by atoms with Crippen LogP contribution in [0.15, 0.2) is 33.2 Å². The molecular weight excluding hydrogens is 368 g/mol. The number of aromatic nitrogens is 1. The van der Waals surface area contributed by atoms with Crippen molar-refractivity contribution in [3.8, 4) is 0 Å². The second-order valence-electron chi connectivity index (χ2n) is 3.86. The fourth-order valence-corrected chi connectivity index (χ4v) is 4.10. The molecule has 0 unspecified atom stereocenters. The maximum Gasteiger partial charge on any atom is 0.346 e. The molecule has 2 aromatic rings. The van der Waals surface area contributed by atoms with Crippen molar-refractivity contribution in [1.82, 2.24) is 4.98 Å². The Hall–Kier alpha value is -1.45. The van der Waals surface area contributed by atoms with E-state index in [1.54, 1.807) is 19.1 Å². The number of pyridine rings is 1. The van der Waals surface area contributed by atoms with Gasteiger partial charge in [-0.25, -0.2) is 18.2 Å². The minimum absolute atomic E-state index is 0.0132. The molecule has 2 rings (SSSR count). The summed E-state index contributed by atoms with van der Waals surface area (Å²) in [5.41, 5.74) is 0.716. The summed E-state index contributed by atoms with van der Waals surface area (Å²) in [7, 11) is -3.81. The molecule has 0 atom stereocenters. The lowest BCUT2D eigenvalue weighted by Gasteiger charge is -2.05. The zero-order valence-electron chi connectivity index (χ0n) is 10.1. The topological polar surface area (TPSA) is 96.4 Å². The smallest absolute Gasteiger partial charge is 0.346 e. The summed E-state index contributed by atoms with van der Waals surface area (Å²) in [6.45, 7) is 1.56. The highest BCUT2D eigenvalue weighted by atomic mass is 79.9. The van der Waals surface area contributed by atoms with Gasteiger partial charge >= 0.3 is 5.97 Å². The van der Waals surface area contributed by atoms with E-state index < -0.39 is 16.0 Å². The average molecular weight is 377 g/mol. The van der Waals surface area contributed by atoms with Gasteiger partial charge in [0.15, 0.2) is 0 Å². The Morgan fingerprint density at radius 3 is 2.65 bits per heavy atom. The van der Waals surface area contributed by atoms with Crippen molar-refractivity contribution in [1.29, 1.82) is 0 Å². The number of carbonyl (C=O) groups is 1. The second-order valence-corrected chi connectivity index (χ2v) is 7.63. The van der Waals surface area contributed by atoms with E-state index >= 15 is 0 Å². The second kappa shape index (κ2) is 5.51. The number of aryl methyl sites for hydroxylation is 1. The number of nitrogens with one attached hydrogen (secondary N) is 1. The Balaban J connectivity index is 2.33. The summed E-state index contributed by atoms with van der Waals surface area (Å²) >= 11 is 3.86. The SMILES string of the molecule is Cc1cc(S(=O)(=O)Nc2ccc(Br)nc2)sc1C(=O)O. The van der Waals surface area contributed by atoms with Gasteiger partial charge in [-0.05, 0) is 46.6 Å². The molecule has 0 aliphatic rings. The van der Waals surface area contributed by atoms with Gasteiger partial charge in [0, 0.05) is 0 Å². The first-order valence-corrected chi connectivity index (χ1v) is 8.37. The molecule has 6 nitrogen and oxygen atoms in total. The Bertz CT molecular complexity index is 753. The van der Waals surface area contributed by atoms with E-state index in [2.05, 4.69) is 25.6 Å². The maximum atomic E-state index is 12.1. The molecule has 0 aromatic carbocycles. The number of aromatic carboxylic acids is 1. The highest BCUT2D eigenvalue weighted by molar-refractivity contribution is 9.10. The van der Waals surface area contributed by atoms with Crippen LogP contribution in [0.2, 0.25) is 0 Å². The Labute approximate surface area is 127 Å². The molecule has 0 bridgehead atoms. The lowest BCUT2D eigenvalue weighted by Crippen LogP contribution is -2.11. The lowest BCUT2D eigenvalue weighted by atomic mass is 10.3. The fourth-order valence-electron chi connectivity index (χ4n) is 1.44. The number of anilines is 1. The molecule has 2 aromatic heterocycles. The van der Waals surface area contributed by atoms with Gasteiger partial charge in [-0.3, -0.25) is 4.72 Å². The van der Waals surface area contributed by atoms with Gasteiger partial charge in [-0.2, -0.15) is 0 Å². The summed E-state index contributed by atoms with van der Waals surface area (Å²) < 4.78 is 27.2. The zero-order chi connectivity index (χ0) is 14.9. The third kappa shape index (κ3) is 3.17. The molecule has 106 valence electrons. The van der Waals surface area contributed by atoms with Crippen molar-refractivity contribution in [3.05, 3.63) is 39.4 Å². The van der Waals surface area contributed by atoms with Crippen molar-refractivity contribution < 1.29 is 18.3 Å². The Morgan fingerprint density at radius 1 is 1.45 bits per heavy atom. The van der Waals surface area contributed by atoms with E-state index in [4.69, 9.17) is 5.11 Å². The van der Waals surface area contributed by atoms with Crippen LogP contribution in [0.25, 0.3) is 0 Å². The van der Waals surface area contributed by atoms with Gasteiger partial charge in [-0.1, -0.05) is 0 Å². The largest absolute Gasteiger partial charge is 0.477 e. The third-order valence-corrected chi connectivity index (χ3v) is 5.88. The van der Waals surface area contributed by atoms with Crippen molar-refractivity contribution in [2.45, 2.75) is 11.1 Å². The van der Waals surface area contributed by atoms with Crippen molar-refractivity contribution in [2.75, 3.05) is 4.72 Å². The van der Waals surface area contributed by atoms with Crippen LogP contribution >= 0.6 is 27.3 Å². The van der Waals surface area contributed by atoms with Crippen LogP contribution in [0.1, 0.15) is 15.2 Å². The third-order valence-electron chi connectivity index (χ3n) is 2.33. The van der Waals surface area contributed by atoms with Crippen LogP contribution in [-0.4, -0.2) is 24.5 Å². The van der Waals surface area contributed by atoms with Crippen LogP contribution < -0.4 is 4.72 Å². The van der Waals surface area contributed by atoms with E-state index in [1.165, 1.54) is 12.3 Å². The molecule has 9 heteroatoms. The number of halogens is 1. The van der Waals surface area contributed by atoms with E-state index in [0.717, 1.165) is 11.3 Å². The minimum Gasteiger partial charge on any atom is -0.477 e. The summed E-state index contributed by atoms with van der Waals surface area (Å²) in [6.07, 6.45) is 1.36. The maximum absolute atomic E-state index is 12.1. The molecule has 20 heavy (non-hydrogen) atoms. The lowest BCUT2D eigenvalue weighted by molar-refractivity contribution is 0.0701. The molecule has 0 spiro atoms. The van der Waals surface area contributed by atoms with E-state index in [9.17, 15) is 13.2 Å². The first-order chi connectivity index (χ1) is 9.29. The molecule has 0 aliphatic heterocycles. The quantitative estimate of drug-likeness (QED) is 0.799. The number of thiophene rings is 1. The van der Waals surface area contributed by atoms with Crippen LogP contribution in [0.5, 0.6) is 0 Å². The first-order valence-electron chi connectivity index (χ1n) is 5.28.